The highest BCUT2D eigenvalue weighted by atomic mass is 16.5. The zero-order valence-corrected chi connectivity index (χ0v) is 11.7. The molecular weight excluding hydrogens is 240 g/mol. The van der Waals surface area contributed by atoms with Gasteiger partial charge < -0.3 is 15.0 Å². The van der Waals surface area contributed by atoms with E-state index in [9.17, 15) is 4.79 Å². The van der Waals surface area contributed by atoms with Gasteiger partial charge >= 0.3 is 0 Å². The van der Waals surface area contributed by atoms with Gasteiger partial charge in [-0.25, -0.2) is 0 Å². The third-order valence-electron chi connectivity index (χ3n) is 3.50. The van der Waals surface area contributed by atoms with Crippen LogP contribution in [0, 0.1) is 0 Å². The van der Waals surface area contributed by atoms with Crippen LogP contribution in [0.2, 0.25) is 0 Å². The average Bonchev–Trinajstić information content (AvgIpc) is 2.48. The van der Waals surface area contributed by atoms with Crippen LogP contribution >= 0.6 is 0 Å². The fourth-order valence-corrected chi connectivity index (χ4v) is 2.38. The van der Waals surface area contributed by atoms with Crippen LogP contribution in [0.4, 0.5) is 11.4 Å². The molecule has 0 aliphatic carbocycles. The van der Waals surface area contributed by atoms with Gasteiger partial charge in [-0.05, 0) is 37.5 Å². The highest BCUT2D eigenvalue weighted by Gasteiger charge is 2.14. The molecule has 19 heavy (non-hydrogen) atoms. The second-order valence-electron chi connectivity index (χ2n) is 4.83. The van der Waals surface area contributed by atoms with Crippen LogP contribution in [0.1, 0.15) is 32.6 Å². The lowest BCUT2D eigenvalue weighted by atomic mass is 10.1. The smallest absolute Gasteiger partial charge is 0.224 e. The van der Waals surface area contributed by atoms with Crippen LogP contribution in [0.15, 0.2) is 18.2 Å². The molecule has 1 aromatic rings. The maximum atomic E-state index is 11.6. The Hall–Kier alpha value is -1.71. The molecule has 0 radical (unpaired) electrons. The monoisotopic (exact) mass is 262 g/mol. The summed E-state index contributed by atoms with van der Waals surface area (Å²) in [4.78, 5) is 13.9. The number of hydrogen-bond acceptors (Lipinski definition) is 3. The Kier molecular flexibility index (Phi) is 4.66. The van der Waals surface area contributed by atoms with Gasteiger partial charge in [0, 0.05) is 25.2 Å². The Morgan fingerprint density at radius 3 is 2.68 bits per heavy atom. The number of hydrogen-bond donors (Lipinski definition) is 1. The van der Waals surface area contributed by atoms with E-state index in [-0.39, 0.29) is 5.91 Å². The van der Waals surface area contributed by atoms with Crippen molar-refractivity contribution in [1.82, 2.24) is 0 Å². The topological polar surface area (TPSA) is 41.6 Å². The van der Waals surface area contributed by atoms with Crippen molar-refractivity contribution >= 4 is 17.3 Å². The predicted octanol–water partition coefficient (Wildman–Crippen LogP) is 3.03. The van der Waals surface area contributed by atoms with E-state index in [1.807, 2.05) is 19.1 Å². The van der Waals surface area contributed by atoms with E-state index in [1.54, 1.807) is 7.11 Å². The van der Waals surface area contributed by atoms with Crippen LogP contribution in [-0.4, -0.2) is 26.1 Å². The van der Waals surface area contributed by atoms with E-state index in [2.05, 4.69) is 16.3 Å². The van der Waals surface area contributed by atoms with Crippen molar-refractivity contribution in [2.24, 2.45) is 0 Å². The minimum absolute atomic E-state index is 0.00842. The predicted molar refractivity (Wildman–Crippen MR) is 78.0 cm³/mol. The van der Waals surface area contributed by atoms with E-state index in [4.69, 9.17) is 4.74 Å². The fourth-order valence-electron chi connectivity index (χ4n) is 2.38. The maximum absolute atomic E-state index is 11.6. The highest BCUT2D eigenvalue weighted by molar-refractivity contribution is 5.92. The highest BCUT2D eigenvalue weighted by Crippen LogP contribution is 2.31. The number of nitrogens with one attached hydrogen (secondary N) is 1. The second-order valence-corrected chi connectivity index (χ2v) is 4.83. The molecule has 4 heteroatoms. The zero-order chi connectivity index (χ0) is 13.7. The summed E-state index contributed by atoms with van der Waals surface area (Å²) in [6.07, 6.45) is 4.26. The SMILES string of the molecule is CCC(=O)Nc1cc(N2CCCCC2)ccc1OC. The molecule has 4 nitrogen and oxygen atoms in total. The lowest BCUT2D eigenvalue weighted by molar-refractivity contribution is -0.115. The first-order valence-electron chi connectivity index (χ1n) is 6.97. The van der Waals surface area contributed by atoms with Crippen LogP contribution in [0.3, 0.4) is 0 Å². The number of carbonyl (C=O) groups is 1. The molecule has 1 amide bonds. The van der Waals surface area contributed by atoms with E-state index in [0.717, 1.165) is 24.5 Å². The van der Waals surface area contributed by atoms with Gasteiger partial charge in [0.2, 0.25) is 5.91 Å². The minimum Gasteiger partial charge on any atom is -0.495 e. The number of anilines is 2. The number of nitrogens with zero attached hydrogens (tertiary/aromatic N) is 1. The van der Waals surface area contributed by atoms with Crippen molar-refractivity contribution in [1.29, 1.82) is 0 Å². The van der Waals surface area contributed by atoms with Crippen molar-refractivity contribution in [3.63, 3.8) is 0 Å². The van der Waals surface area contributed by atoms with Crippen molar-refractivity contribution in [3.05, 3.63) is 18.2 Å². The van der Waals surface area contributed by atoms with Crippen LogP contribution in [0.5, 0.6) is 5.75 Å². The van der Waals surface area contributed by atoms with E-state index < -0.39 is 0 Å². The van der Waals surface area contributed by atoms with Crippen molar-refractivity contribution in [3.8, 4) is 5.75 Å². The van der Waals surface area contributed by atoms with E-state index >= 15 is 0 Å². The average molecular weight is 262 g/mol. The number of carbonyl (C=O) groups excluding carboxylic acids is 1. The molecule has 1 aliphatic heterocycles. The van der Waals surface area contributed by atoms with Gasteiger partial charge in [0.05, 0.1) is 12.8 Å². The molecular formula is C15H22N2O2. The summed E-state index contributed by atoms with van der Waals surface area (Å²) >= 11 is 0. The van der Waals surface area contributed by atoms with Crippen LogP contribution in [-0.2, 0) is 4.79 Å². The van der Waals surface area contributed by atoms with Gasteiger partial charge in [-0.2, -0.15) is 0 Å². The summed E-state index contributed by atoms with van der Waals surface area (Å²) < 4.78 is 5.30. The van der Waals surface area contributed by atoms with Crippen LogP contribution < -0.4 is 15.0 Å². The summed E-state index contributed by atoms with van der Waals surface area (Å²) in [5.41, 5.74) is 1.92. The second kappa shape index (κ2) is 6.45. The summed E-state index contributed by atoms with van der Waals surface area (Å²) in [5.74, 6) is 0.719. The summed E-state index contributed by atoms with van der Waals surface area (Å²) in [6.45, 7) is 4.03. The molecule has 1 aliphatic rings. The molecule has 0 atom stereocenters. The third kappa shape index (κ3) is 3.40. The van der Waals surface area contributed by atoms with E-state index in [1.165, 1.54) is 19.3 Å². The number of methoxy groups -OCH3 is 1. The molecule has 104 valence electrons. The number of amides is 1. The number of ether oxygens (including phenoxy) is 1. The molecule has 0 bridgehead atoms. The lowest BCUT2D eigenvalue weighted by Gasteiger charge is -2.29. The Labute approximate surface area is 114 Å². The lowest BCUT2D eigenvalue weighted by Crippen LogP contribution is -2.29. The zero-order valence-electron chi connectivity index (χ0n) is 11.7. The van der Waals surface area contributed by atoms with Gasteiger partial charge in [-0.1, -0.05) is 6.92 Å². The van der Waals surface area contributed by atoms with Crippen molar-refractivity contribution < 1.29 is 9.53 Å². The summed E-state index contributed by atoms with van der Waals surface area (Å²) in [5, 5.41) is 2.90. The van der Waals surface area contributed by atoms with E-state index in [0.29, 0.717) is 12.2 Å². The first kappa shape index (κ1) is 13.7. The van der Waals surface area contributed by atoms with Crippen LogP contribution in [0.25, 0.3) is 0 Å². The normalized spacial score (nSPS) is 15.2. The number of benzene rings is 1. The fraction of sp³-hybridized carbons (Fsp3) is 0.533. The Balaban J connectivity index is 2.21. The first-order valence-corrected chi connectivity index (χ1v) is 6.97. The van der Waals surface area contributed by atoms with Crippen molar-refractivity contribution in [2.75, 3.05) is 30.4 Å². The molecule has 0 spiro atoms. The largest absolute Gasteiger partial charge is 0.495 e. The number of piperidine rings is 1. The molecule has 2 rings (SSSR count). The summed E-state index contributed by atoms with van der Waals surface area (Å²) in [7, 11) is 1.62. The van der Waals surface area contributed by atoms with Gasteiger partial charge in [-0.15, -0.1) is 0 Å². The quantitative estimate of drug-likeness (QED) is 0.906. The van der Waals surface area contributed by atoms with Gasteiger partial charge in [0.15, 0.2) is 0 Å². The molecule has 0 saturated carbocycles. The Morgan fingerprint density at radius 1 is 1.32 bits per heavy atom. The minimum atomic E-state index is 0.00842. The maximum Gasteiger partial charge on any atom is 0.224 e. The van der Waals surface area contributed by atoms with Gasteiger partial charge in [-0.3, -0.25) is 4.79 Å². The first-order chi connectivity index (χ1) is 9.24. The van der Waals surface area contributed by atoms with Gasteiger partial charge in [0.1, 0.15) is 5.75 Å². The Bertz CT molecular complexity index is 440. The number of rotatable bonds is 4. The molecule has 1 heterocycles. The molecule has 0 unspecified atom stereocenters. The van der Waals surface area contributed by atoms with Gasteiger partial charge in [0.25, 0.3) is 0 Å². The standard InChI is InChI=1S/C15H22N2O2/c1-3-15(18)16-13-11-12(7-8-14(13)19-2)17-9-5-4-6-10-17/h7-8,11H,3-6,9-10H2,1-2H3,(H,16,18). The summed E-state index contributed by atoms with van der Waals surface area (Å²) in [6, 6.07) is 6.00. The molecule has 1 fully saturated rings. The molecule has 1 N–H and O–H groups in total. The Morgan fingerprint density at radius 2 is 2.05 bits per heavy atom. The van der Waals surface area contributed by atoms with Crippen molar-refractivity contribution in [2.45, 2.75) is 32.6 Å². The molecule has 0 aromatic heterocycles. The molecule has 1 saturated heterocycles. The molecule has 1 aromatic carbocycles. The third-order valence-corrected chi connectivity index (χ3v) is 3.50.